The highest BCUT2D eigenvalue weighted by Gasteiger charge is 2.28. The quantitative estimate of drug-likeness (QED) is 0.317. The summed E-state index contributed by atoms with van der Waals surface area (Å²) < 4.78 is 4.72. The van der Waals surface area contributed by atoms with Crippen LogP contribution < -0.4 is 4.57 Å². The van der Waals surface area contributed by atoms with Crippen molar-refractivity contribution in [2.24, 2.45) is 7.05 Å². The first-order valence-corrected chi connectivity index (χ1v) is 10.9. The second-order valence-electron chi connectivity index (χ2n) is 8.95. The third-order valence-electron chi connectivity index (χ3n) is 7.14. The van der Waals surface area contributed by atoms with Crippen LogP contribution in [0, 0.1) is 27.7 Å². The van der Waals surface area contributed by atoms with Crippen molar-refractivity contribution in [3.05, 3.63) is 88.2 Å². The largest absolute Gasteiger partial charge is 0.295 e. The standard InChI is InChI=1S/C28H26N3/c1-16-9-8-12-24-27(16)17(2)13-25(30(24)5)21-14-20-15-26-29-22-10-6-7-11-23(22)31(26)28(20)19(4)18(21)3/h6-14H,15H2,1-5H3/q+1. The van der Waals surface area contributed by atoms with E-state index in [1.807, 2.05) is 0 Å². The van der Waals surface area contributed by atoms with Crippen molar-refractivity contribution < 1.29 is 4.57 Å². The normalized spacial score (nSPS) is 12.5. The van der Waals surface area contributed by atoms with E-state index in [0.717, 1.165) is 17.8 Å². The Morgan fingerprint density at radius 3 is 2.52 bits per heavy atom. The lowest BCUT2D eigenvalue weighted by Crippen LogP contribution is -2.33. The summed E-state index contributed by atoms with van der Waals surface area (Å²) in [6.45, 7) is 8.96. The molecule has 1 aliphatic rings. The number of aryl methyl sites for hydroxylation is 3. The van der Waals surface area contributed by atoms with Gasteiger partial charge in [-0.1, -0.05) is 24.3 Å². The summed E-state index contributed by atoms with van der Waals surface area (Å²) in [6.07, 6.45) is 0.882. The Bertz CT molecular complexity index is 1550. The minimum absolute atomic E-state index is 0.882. The van der Waals surface area contributed by atoms with E-state index in [1.54, 1.807) is 0 Å². The fraction of sp³-hybridized carbons (Fsp3) is 0.214. The Morgan fingerprint density at radius 2 is 1.68 bits per heavy atom. The van der Waals surface area contributed by atoms with Crippen LogP contribution in [0.5, 0.6) is 0 Å². The number of para-hydroxylation sites is 2. The van der Waals surface area contributed by atoms with Crippen LogP contribution in [0.25, 0.3) is 38.9 Å². The van der Waals surface area contributed by atoms with E-state index in [9.17, 15) is 0 Å². The molecular formula is C28H26N3+. The molecule has 0 saturated heterocycles. The Balaban J connectivity index is 1.63. The van der Waals surface area contributed by atoms with Crippen LogP contribution in [0.4, 0.5) is 0 Å². The van der Waals surface area contributed by atoms with Crippen LogP contribution in [0.3, 0.4) is 0 Å². The third-order valence-corrected chi connectivity index (χ3v) is 7.14. The maximum atomic E-state index is 4.92. The highest BCUT2D eigenvalue weighted by molar-refractivity contribution is 5.86. The van der Waals surface area contributed by atoms with Crippen molar-refractivity contribution in [3.63, 3.8) is 0 Å². The average Bonchev–Trinajstić information content (AvgIpc) is 3.29. The molecule has 0 fully saturated rings. The summed E-state index contributed by atoms with van der Waals surface area (Å²) >= 11 is 0. The lowest BCUT2D eigenvalue weighted by atomic mass is 9.93. The van der Waals surface area contributed by atoms with Gasteiger partial charge in [0.25, 0.3) is 0 Å². The van der Waals surface area contributed by atoms with Gasteiger partial charge in [0.05, 0.1) is 22.1 Å². The number of rotatable bonds is 1. The fourth-order valence-electron chi connectivity index (χ4n) is 5.50. The van der Waals surface area contributed by atoms with E-state index in [0.29, 0.717) is 0 Å². The molecule has 0 spiro atoms. The van der Waals surface area contributed by atoms with Crippen molar-refractivity contribution in [2.75, 3.05) is 0 Å². The van der Waals surface area contributed by atoms with Gasteiger partial charge in [0.2, 0.25) is 11.2 Å². The van der Waals surface area contributed by atoms with Crippen molar-refractivity contribution >= 4 is 21.9 Å². The number of aromatic nitrogens is 3. The number of benzene rings is 3. The number of imidazole rings is 1. The van der Waals surface area contributed by atoms with Crippen LogP contribution in [0.1, 0.15) is 33.6 Å². The second kappa shape index (κ2) is 6.27. The van der Waals surface area contributed by atoms with E-state index in [4.69, 9.17) is 4.98 Å². The summed E-state index contributed by atoms with van der Waals surface area (Å²) in [6, 6.07) is 19.8. The molecule has 31 heavy (non-hydrogen) atoms. The number of hydrogen-bond acceptors (Lipinski definition) is 1. The van der Waals surface area contributed by atoms with Crippen LogP contribution in [0.2, 0.25) is 0 Å². The first-order chi connectivity index (χ1) is 15.0. The van der Waals surface area contributed by atoms with Crippen molar-refractivity contribution in [2.45, 2.75) is 34.1 Å². The number of nitrogens with zero attached hydrogens (tertiary/aromatic N) is 3. The topological polar surface area (TPSA) is 21.7 Å². The average molecular weight is 405 g/mol. The predicted octanol–water partition coefficient (Wildman–Crippen LogP) is 5.81. The highest BCUT2D eigenvalue weighted by Crippen LogP contribution is 2.39. The molecular weight excluding hydrogens is 378 g/mol. The molecule has 1 aliphatic heterocycles. The smallest absolute Gasteiger partial charge is 0.213 e. The molecule has 3 heterocycles. The van der Waals surface area contributed by atoms with Crippen LogP contribution in [0.15, 0.2) is 54.6 Å². The van der Waals surface area contributed by atoms with E-state index in [1.165, 1.54) is 61.2 Å². The first kappa shape index (κ1) is 18.3. The van der Waals surface area contributed by atoms with Gasteiger partial charge in [-0.15, -0.1) is 0 Å². The number of pyridine rings is 1. The lowest BCUT2D eigenvalue weighted by molar-refractivity contribution is -0.633. The summed E-state index contributed by atoms with van der Waals surface area (Å²) in [4.78, 5) is 4.92. The molecule has 5 aromatic rings. The molecule has 152 valence electrons. The van der Waals surface area contributed by atoms with Gasteiger partial charge in [0.1, 0.15) is 12.9 Å². The monoisotopic (exact) mass is 404 g/mol. The molecule has 0 atom stereocenters. The van der Waals surface area contributed by atoms with Gasteiger partial charge in [-0.3, -0.25) is 4.57 Å². The van der Waals surface area contributed by atoms with Crippen LogP contribution in [-0.2, 0) is 13.5 Å². The SMILES string of the molecule is Cc1c(-c2cc(C)c3c(C)cccc3[n+]2C)cc2c(c1C)-n1c(nc3ccccc31)C2. The molecule has 0 radical (unpaired) electrons. The molecule has 2 aromatic heterocycles. The van der Waals surface area contributed by atoms with Crippen molar-refractivity contribution in [3.8, 4) is 16.9 Å². The Morgan fingerprint density at radius 1 is 0.871 bits per heavy atom. The van der Waals surface area contributed by atoms with Gasteiger partial charge in [0.15, 0.2) is 0 Å². The highest BCUT2D eigenvalue weighted by atomic mass is 15.1. The second-order valence-corrected chi connectivity index (χ2v) is 8.95. The summed E-state index contributed by atoms with van der Waals surface area (Å²) in [5.41, 5.74) is 14.2. The Hall–Kier alpha value is -3.46. The van der Waals surface area contributed by atoms with Gasteiger partial charge < -0.3 is 0 Å². The van der Waals surface area contributed by atoms with Crippen molar-refractivity contribution in [1.82, 2.24) is 9.55 Å². The van der Waals surface area contributed by atoms with E-state index >= 15 is 0 Å². The summed E-state index contributed by atoms with van der Waals surface area (Å²) in [7, 11) is 2.19. The fourth-order valence-corrected chi connectivity index (χ4v) is 5.50. The number of hydrogen-bond donors (Lipinski definition) is 0. The van der Waals surface area contributed by atoms with Gasteiger partial charge in [0, 0.05) is 24.1 Å². The predicted molar refractivity (Wildman–Crippen MR) is 127 cm³/mol. The van der Waals surface area contributed by atoms with Gasteiger partial charge >= 0.3 is 0 Å². The zero-order valence-corrected chi connectivity index (χ0v) is 18.7. The molecule has 3 nitrogen and oxygen atoms in total. The molecule has 0 aliphatic carbocycles. The van der Waals surface area contributed by atoms with Gasteiger partial charge in [-0.05, 0) is 73.7 Å². The maximum absolute atomic E-state index is 4.92. The maximum Gasteiger partial charge on any atom is 0.213 e. The molecule has 6 rings (SSSR count). The Kier molecular flexibility index (Phi) is 3.71. The molecule has 0 unspecified atom stereocenters. The van der Waals surface area contributed by atoms with Gasteiger partial charge in [-0.2, -0.15) is 4.57 Å². The molecule has 0 amide bonds. The van der Waals surface area contributed by atoms with E-state index < -0.39 is 0 Å². The lowest BCUT2D eigenvalue weighted by Gasteiger charge is -2.16. The number of fused-ring (bicyclic) bond motifs is 6. The zero-order valence-electron chi connectivity index (χ0n) is 18.7. The van der Waals surface area contributed by atoms with E-state index in [2.05, 4.69) is 98.5 Å². The zero-order chi connectivity index (χ0) is 21.4. The minimum atomic E-state index is 0.882. The Labute approximate surface area is 182 Å². The molecule has 3 heteroatoms. The van der Waals surface area contributed by atoms with Crippen LogP contribution >= 0.6 is 0 Å². The molecule has 0 N–H and O–H groups in total. The van der Waals surface area contributed by atoms with Crippen LogP contribution in [-0.4, -0.2) is 9.55 Å². The first-order valence-electron chi connectivity index (χ1n) is 10.9. The molecule has 0 bridgehead atoms. The summed E-state index contributed by atoms with van der Waals surface area (Å²) in [5, 5.41) is 1.36. The summed E-state index contributed by atoms with van der Waals surface area (Å²) in [5.74, 6) is 1.14. The van der Waals surface area contributed by atoms with Crippen molar-refractivity contribution in [1.29, 1.82) is 0 Å². The molecule has 0 saturated carbocycles. The minimum Gasteiger partial charge on any atom is -0.295 e. The third kappa shape index (κ3) is 2.40. The van der Waals surface area contributed by atoms with E-state index in [-0.39, 0.29) is 0 Å². The van der Waals surface area contributed by atoms with Gasteiger partial charge in [-0.25, -0.2) is 4.98 Å². The molecule has 3 aromatic carbocycles.